The van der Waals surface area contributed by atoms with E-state index in [9.17, 15) is 5.11 Å². The van der Waals surface area contributed by atoms with Crippen LogP contribution in [0, 0.1) is 0 Å². The first-order chi connectivity index (χ1) is 10.1. The molecule has 5 heteroatoms. The summed E-state index contributed by atoms with van der Waals surface area (Å²) in [6.07, 6.45) is 0.946. The van der Waals surface area contributed by atoms with Gasteiger partial charge < -0.3 is 24.4 Å². The Morgan fingerprint density at radius 1 is 1.25 bits per heavy atom. The molecule has 2 aliphatic heterocycles. The lowest BCUT2D eigenvalue weighted by molar-refractivity contribution is 0.102. The zero-order chi connectivity index (χ0) is 15.2. The minimum absolute atomic E-state index is 0.154. The van der Waals surface area contributed by atoms with E-state index in [1.165, 1.54) is 6.07 Å². The largest absolute Gasteiger partial charge is 0.504 e. The monoisotopic (exact) mass is 283 g/mol. The smallest absolute Gasteiger partial charge is 0.160 e. The molecule has 3 unspecified atom stereocenters. The molecule has 0 spiro atoms. The number of benzene rings is 1. The summed E-state index contributed by atoms with van der Waals surface area (Å²) in [5.74, 6) is -0.322. The van der Waals surface area contributed by atoms with Crippen LogP contribution >= 0.6 is 0 Å². The highest BCUT2D eigenvalue weighted by Gasteiger charge is 2.26. The van der Waals surface area contributed by atoms with Gasteiger partial charge in [-0.15, -0.1) is 0 Å². The van der Waals surface area contributed by atoms with E-state index < -0.39 is 6.40 Å². The quantitative estimate of drug-likeness (QED) is 0.615. The molecule has 0 bridgehead atoms. The van der Waals surface area contributed by atoms with Gasteiger partial charge in [0, 0.05) is 1.37 Å². The van der Waals surface area contributed by atoms with Crippen molar-refractivity contribution >= 4 is 0 Å². The fraction of sp³-hybridized carbons (Fsp3) is 0.600. The maximum atomic E-state index is 9.33. The molecule has 3 rings (SSSR count). The molecule has 2 fully saturated rings. The number of aryl methyl sites for hydroxylation is 1. The van der Waals surface area contributed by atoms with Gasteiger partial charge in [-0.25, -0.2) is 0 Å². The number of phenols is 2. The summed E-state index contributed by atoms with van der Waals surface area (Å²) in [4.78, 5) is 0. The summed E-state index contributed by atoms with van der Waals surface area (Å²) in [5, 5.41) is 18.4. The molecule has 20 heavy (non-hydrogen) atoms. The maximum absolute atomic E-state index is 9.33. The van der Waals surface area contributed by atoms with E-state index in [1.807, 2.05) is 6.92 Å². The number of epoxide rings is 2. The molecule has 0 aromatic heterocycles. The second kappa shape index (κ2) is 7.47. The normalized spacial score (nSPS) is 25.1. The molecule has 2 aliphatic rings. The van der Waals surface area contributed by atoms with Gasteiger partial charge in [0.1, 0.15) is 12.2 Å². The molecular weight excluding hydrogens is 260 g/mol. The number of hydrogen-bond acceptors (Lipinski definition) is 5. The van der Waals surface area contributed by atoms with E-state index in [1.54, 1.807) is 12.1 Å². The van der Waals surface area contributed by atoms with Crippen molar-refractivity contribution < 1.29 is 25.8 Å². The van der Waals surface area contributed by atoms with Crippen molar-refractivity contribution in [3.63, 3.8) is 0 Å². The Morgan fingerprint density at radius 3 is 2.35 bits per heavy atom. The lowest BCUT2D eigenvalue weighted by Gasteiger charge is -2.03. The molecule has 112 valence electrons. The van der Waals surface area contributed by atoms with Crippen LogP contribution in [0.5, 0.6) is 11.5 Å². The van der Waals surface area contributed by atoms with Gasteiger partial charge in [0.25, 0.3) is 0 Å². The molecule has 0 radical (unpaired) electrons. The van der Waals surface area contributed by atoms with Crippen LogP contribution in [-0.2, 0) is 20.6 Å². The molecule has 1 aromatic rings. The Kier molecular flexibility index (Phi) is 5.11. The molecule has 3 atom stereocenters. The van der Waals surface area contributed by atoms with Gasteiger partial charge in [-0.3, -0.25) is 0 Å². The standard InChI is InChI=1S/C9H12O2.C6H10O3/c1-2-4-7-5-3-6-8(10)9(7)11;1(5-3-8-5)7-2-6-4-9-6/h3,5-6,10-11H,2,4H2,1H3;5-6H,1-4H2/i4D;. The SMILES string of the molecule is C(OCC1CO1)C1CO1.[2H]C(CC)c1cccc(O)c1O. The summed E-state index contributed by atoms with van der Waals surface area (Å²) in [5.41, 5.74) is 0.484. The average molecular weight is 283 g/mol. The summed E-state index contributed by atoms with van der Waals surface area (Å²) >= 11 is 0. The molecule has 2 saturated heterocycles. The van der Waals surface area contributed by atoms with Crippen LogP contribution in [0.4, 0.5) is 0 Å². The van der Waals surface area contributed by atoms with Crippen molar-refractivity contribution in [1.82, 2.24) is 0 Å². The summed E-state index contributed by atoms with van der Waals surface area (Å²) in [6.45, 7) is 5.12. The van der Waals surface area contributed by atoms with Gasteiger partial charge in [-0.1, -0.05) is 25.5 Å². The topological polar surface area (TPSA) is 74.8 Å². The van der Waals surface area contributed by atoms with Crippen LogP contribution in [0.15, 0.2) is 18.2 Å². The van der Waals surface area contributed by atoms with E-state index in [-0.39, 0.29) is 11.5 Å². The van der Waals surface area contributed by atoms with Crippen molar-refractivity contribution in [2.75, 3.05) is 26.4 Å². The number of para-hydroxylation sites is 1. The molecule has 2 heterocycles. The second-order valence-electron chi connectivity index (χ2n) is 4.78. The molecule has 5 nitrogen and oxygen atoms in total. The number of aromatic hydroxyl groups is 2. The first kappa shape index (κ1) is 13.7. The Morgan fingerprint density at radius 2 is 1.85 bits per heavy atom. The second-order valence-corrected chi connectivity index (χ2v) is 4.78. The van der Waals surface area contributed by atoms with Gasteiger partial charge in [0.2, 0.25) is 0 Å². The molecule has 2 N–H and O–H groups in total. The van der Waals surface area contributed by atoms with Gasteiger partial charge >= 0.3 is 0 Å². The third kappa shape index (κ3) is 5.36. The molecule has 1 aromatic carbocycles. The Bertz CT molecular complexity index is 434. The Labute approximate surface area is 120 Å². The lowest BCUT2D eigenvalue weighted by atomic mass is 10.1. The van der Waals surface area contributed by atoms with E-state index >= 15 is 0 Å². The van der Waals surface area contributed by atoms with Crippen LogP contribution in [-0.4, -0.2) is 48.8 Å². The average Bonchev–Trinajstić information content (AvgIpc) is 3.36. The maximum Gasteiger partial charge on any atom is 0.160 e. The minimum Gasteiger partial charge on any atom is -0.504 e. The van der Waals surface area contributed by atoms with Crippen LogP contribution in [0.1, 0.15) is 20.3 Å². The third-order valence-corrected chi connectivity index (χ3v) is 2.88. The van der Waals surface area contributed by atoms with Crippen molar-refractivity contribution in [3.8, 4) is 11.5 Å². The highest BCUT2D eigenvalue weighted by Crippen LogP contribution is 2.28. The van der Waals surface area contributed by atoms with Gasteiger partial charge in [-0.05, 0) is 18.0 Å². The number of phenolic OH excluding ortho intramolecular Hbond substituents is 2. The molecule has 0 amide bonds. The van der Waals surface area contributed by atoms with Crippen LogP contribution in [0.2, 0.25) is 0 Å². The van der Waals surface area contributed by atoms with Crippen molar-refractivity contribution in [3.05, 3.63) is 23.8 Å². The van der Waals surface area contributed by atoms with Crippen molar-refractivity contribution in [2.24, 2.45) is 0 Å². The van der Waals surface area contributed by atoms with Gasteiger partial charge in [0.15, 0.2) is 11.5 Å². The fourth-order valence-electron chi connectivity index (χ4n) is 1.59. The third-order valence-electron chi connectivity index (χ3n) is 2.88. The predicted molar refractivity (Wildman–Crippen MR) is 74.1 cm³/mol. The van der Waals surface area contributed by atoms with Crippen LogP contribution in [0.25, 0.3) is 0 Å². The molecular formula is C15H22O5. The number of hydrogen-bond donors (Lipinski definition) is 2. The van der Waals surface area contributed by atoms with E-state index in [2.05, 4.69) is 0 Å². The van der Waals surface area contributed by atoms with E-state index in [4.69, 9.17) is 20.7 Å². The Hall–Kier alpha value is -1.30. The summed E-state index contributed by atoms with van der Waals surface area (Å²) in [7, 11) is 0. The molecule has 0 saturated carbocycles. The van der Waals surface area contributed by atoms with Crippen LogP contribution in [0.3, 0.4) is 0 Å². The minimum atomic E-state index is -0.461. The molecule has 0 aliphatic carbocycles. The van der Waals surface area contributed by atoms with Crippen LogP contribution < -0.4 is 0 Å². The summed E-state index contributed by atoms with van der Waals surface area (Å²) < 4.78 is 22.6. The van der Waals surface area contributed by atoms with Crippen molar-refractivity contribution in [2.45, 2.75) is 31.9 Å². The van der Waals surface area contributed by atoms with E-state index in [0.29, 0.717) is 24.2 Å². The van der Waals surface area contributed by atoms with Crippen molar-refractivity contribution in [1.29, 1.82) is 0 Å². The first-order valence-electron chi connectivity index (χ1n) is 7.43. The zero-order valence-corrected chi connectivity index (χ0v) is 11.6. The van der Waals surface area contributed by atoms with E-state index in [0.717, 1.165) is 26.4 Å². The summed E-state index contributed by atoms with van der Waals surface area (Å²) in [6, 6.07) is 4.68. The van der Waals surface area contributed by atoms with Gasteiger partial charge in [0.05, 0.1) is 26.4 Å². The Balaban J connectivity index is 0.000000159. The highest BCUT2D eigenvalue weighted by atomic mass is 16.6. The van der Waals surface area contributed by atoms with Gasteiger partial charge in [-0.2, -0.15) is 0 Å². The zero-order valence-electron chi connectivity index (χ0n) is 12.6. The number of rotatable bonds is 6. The highest BCUT2D eigenvalue weighted by molar-refractivity contribution is 5.44. The number of ether oxygens (including phenoxy) is 3. The lowest BCUT2D eigenvalue weighted by Crippen LogP contribution is -2.06. The first-order valence-corrected chi connectivity index (χ1v) is 6.85. The predicted octanol–water partition coefficient (Wildman–Crippen LogP) is 1.85. The fourth-order valence-corrected chi connectivity index (χ4v) is 1.59.